The minimum absolute atomic E-state index is 0.126. The maximum absolute atomic E-state index is 11.8. The molecular formula is C27H34O6. The summed E-state index contributed by atoms with van der Waals surface area (Å²) in [6, 6.07) is 8.45. The molecule has 2 aliphatic carbocycles. The molecule has 178 valence electrons. The Morgan fingerprint density at radius 1 is 0.970 bits per heavy atom. The lowest BCUT2D eigenvalue weighted by atomic mass is 9.54. The minimum Gasteiger partial charge on any atom is -0.491 e. The molecule has 1 aromatic rings. The molecule has 2 aliphatic heterocycles. The van der Waals surface area contributed by atoms with Crippen molar-refractivity contribution in [3.05, 3.63) is 53.1 Å². The summed E-state index contributed by atoms with van der Waals surface area (Å²) in [4.78, 5) is 11.8. The second-order valence-electron chi connectivity index (χ2n) is 9.94. The van der Waals surface area contributed by atoms with Gasteiger partial charge in [0.05, 0.1) is 25.7 Å². The third-order valence-electron chi connectivity index (χ3n) is 7.77. The number of carboxylic acid groups (broad SMARTS) is 1. The van der Waals surface area contributed by atoms with Crippen molar-refractivity contribution in [1.82, 2.24) is 0 Å². The molecule has 2 atom stereocenters. The Balaban J connectivity index is 1.55. The summed E-state index contributed by atoms with van der Waals surface area (Å²) in [7, 11) is 0. The summed E-state index contributed by atoms with van der Waals surface area (Å²) in [6.07, 6.45) is 9.53. The highest BCUT2D eigenvalue weighted by molar-refractivity contribution is 5.76. The van der Waals surface area contributed by atoms with Gasteiger partial charge in [0, 0.05) is 5.41 Å². The molecule has 0 amide bonds. The van der Waals surface area contributed by atoms with Crippen molar-refractivity contribution in [1.29, 1.82) is 0 Å². The molecule has 33 heavy (non-hydrogen) atoms. The third-order valence-corrected chi connectivity index (χ3v) is 7.77. The van der Waals surface area contributed by atoms with Crippen LogP contribution in [0.15, 0.2) is 47.6 Å². The molecule has 1 saturated carbocycles. The van der Waals surface area contributed by atoms with E-state index in [1.807, 2.05) is 38.1 Å². The summed E-state index contributed by atoms with van der Waals surface area (Å²) in [5.41, 5.74) is 2.24. The van der Waals surface area contributed by atoms with Gasteiger partial charge in [-0.25, -0.2) is 0 Å². The Hall–Kier alpha value is -2.15. The number of hydrogen-bond acceptors (Lipinski definition) is 5. The third kappa shape index (κ3) is 4.25. The Bertz CT molecular complexity index is 912. The lowest BCUT2D eigenvalue weighted by Crippen LogP contribution is -2.58. The van der Waals surface area contributed by atoms with Gasteiger partial charge in [-0.15, -0.1) is 0 Å². The second kappa shape index (κ2) is 8.90. The van der Waals surface area contributed by atoms with E-state index in [0.717, 1.165) is 55.8 Å². The standard InChI is InChI=1S/C27H34O6/c1-18-12-20(25(28)29)13-19(2)27(18,33-17-24-16-32-24)26(10-4-3-5-11-26)21-6-8-22(9-7-21)30-14-23-15-31-23/h6-9,12-13,20,23-24H,3-5,10-11,14-17H2,1-2H3,(H,28,29). The normalized spacial score (nSPS) is 32.5. The number of rotatable bonds is 9. The first-order valence-electron chi connectivity index (χ1n) is 12.2. The van der Waals surface area contributed by atoms with Gasteiger partial charge in [-0.3, -0.25) is 4.79 Å². The molecule has 1 aromatic carbocycles. The van der Waals surface area contributed by atoms with Crippen LogP contribution in [0.5, 0.6) is 5.75 Å². The monoisotopic (exact) mass is 454 g/mol. The maximum atomic E-state index is 11.8. The highest BCUT2D eigenvalue weighted by atomic mass is 16.6. The zero-order valence-electron chi connectivity index (χ0n) is 19.5. The van der Waals surface area contributed by atoms with Crippen molar-refractivity contribution in [2.24, 2.45) is 5.92 Å². The van der Waals surface area contributed by atoms with Crippen LogP contribution in [0, 0.1) is 5.92 Å². The number of epoxide rings is 2. The lowest BCUT2D eigenvalue weighted by molar-refractivity contribution is -0.139. The van der Waals surface area contributed by atoms with Crippen molar-refractivity contribution in [3.8, 4) is 5.75 Å². The SMILES string of the molecule is CC1=CC(C(=O)O)C=C(C)C1(OCC1CO1)C1(c2ccc(OCC3CO3)cc2)CCCCC1. The number of carbonyl (C=O) groups is 1. The van der Waals surface area contributed by atoms with Crippen LogP contribution in [-0.2, 0) is 24.4 Å². The number of ether oxygens (including phenoxy) is 4. The van der Waals surface area contributed by atoms with E-state index in [1.165, 1.54) is 12.0 Å². The number of hydrogen-bond donors (Lipinski definition) is 1. The highest BCUT2D eigenvalue weighted by Crippen LogP contribution is 2.56. The van der Waals surface area contributed by atoms with Crippen molar-refractivity contribution >= 4 is 5.97 Å². The predicted octanol–water partition coefficient (Wildman–Crippen LogP) is 4.43. The van der Waals surface area contributed by atoms with Gasteiger partial charge in [0.1, 0.15) is 30.2 Å². The van der Waals surface area contributed by atoms with Gasteiger partial charge in [0.2, 0.25) is 0 Å². The first-order valence-corrected chi connectivity index (χ1v) is 12.2. The molecule has 2 saturated heterocycles. The fourth-order valence-electron chi connectivity index (χ4n) is 6.00. The van der Waals surface area contributed by atoms with E-state index in [4.69, 9.17) is 18.9 Å². The Labute approximate surface area is 195 Å². The van der Waals surface area contributed by atoms with Crippen LogP contribution in [0.1, 0.15) is 51.5 Å². The first-order chi connectivity index (χ1) is 15.9. The highest BCUT2D eigenvalue weighted by Gasteiger charge is 2.57. The molecule has 5 rings (SSSR count). The van der Waals surface area contributed by atoms with Gasteiger partial charge >= 0.3 is 5.97 Å². The molecule has 0 radical (unpaired) electrons. The van der Waals surface area contributed by atoms with Gasteiger partial charge in [-0.2, -0.15) is 0 Å². The quantitative estimate of drug-likeness (QED) is 0.439. The fraction of sp³-hybridized carbons (Fsp3) is 0.593. The van der Waals surface area contributed by atoms with Crippen LogP contribution in [0.25, 0.3) is 0 Å². The fourth-order valence-corrected chi connectivity index (χ4v) is 6.00. The second-order valence-corrected chi connectivity index (χ2v) is 9.94. The molecule has 0 bridgehead atoms. The van der Waals surface area contributed by atoms with E-state index in [-0.39, 0.29) is 17.6 Å². The van der Waals surface area contributed by atoms with E-state index >= 15 is 0 Å². The average molecular weight is 455 g/mol. The molecule has 6 nitrogen and oxygen atoms in total. The maximum Gasteiger partial charge on any atom is 0.314 e. The van der Waals surface area contributed by atoms with E-state index < -0.39 is 17.5 Å². The number of benzene rings is 1. The Kier molecular flexibility index (Phi) is 6.10. The molecule has 0 spiro atoms. The largest absolute Gasteiger partial charge is 0.491 e. The van der Waals surface area contributed by atoms with E-state index in [2.05, 4.69) is 12.1 Å². The average Bonchev–Trinajstić information content (AvgIpc) is 3.73. The summed E-state index contributed by atoms with van der Waals surface area (Å²) in [5.74, 6) is -0.609. The molecule has 3 fully saturated rings. The Morgan fingerprint density at radius 3 is 2.09 bits per heavy atom. The van der Waals surface area contributed by atoms with Crippen LogP contribution >= 0.6 is 0 Å². The lowest BCUT2D eigenvalue weighted by Gasteiger charge is -2.55. The van der Waals surface area contributed by atoms with Crippen molar-refractivity contribution in [3.63, 3.8) is 0 Å². The molecule has 4 aliphatic rings. The summed E-state index contributed by atoms with van der Waals surface area (Å²) in [6.45, 7) is 6.69. The van der Waals surface area contributed by atoms with E-state index in [1.54, 1.807) is 0 Å². The molecule has 6 heteroatoms. The van der Waals surface area contributed by atoms with Gasteiger partial charge in [-0.1, -0.05) is 43.5 Å². The summed E-state index contributed by atoms with van der Waals surface area (Å²) < 4.78 is 23.5. The molecule has 0 aromatic heterocycles. The zero-order chi connectivity index (χ0) is 23.1. The van der Waals surface area contributed by atoms with E-state index in [0.29, 0.717) is 13.2 Å². The van der Waals surface area contributed by atoms with Crippen LogP contribution in [0.2, 0.25) is 0 Å². The van der Waals surface area contributed by atoms with Gasteiger partial charge in [-0.05, 0) is 55.5 Å². The van der Waals surface area contributed by atoms with E-state index in [9.17, 15) is 9.90 Å². The van der Waals surface area contributed by atoms with Crippen LogP contribution in [-0.4, -0.2) is 55.3 Å². The Morgan fingerprint density at radius 2 is 1.55 bits per heavy atom. The van der Waals surface area contributed by atoms with Gasteiger partial charge in [0.15, 0.2) is 0 Å². The van der Waals surface area contributed by atoms with Gasteiger partial charge < -0.3 is 24.1 Å². The molecular weight excluding hydrogens is 420 g/mol. The number of aliphatic carboxylic acids is 1. The topological polar surface area (TPSA) is 80.8 Å². The summed E-state index contributed by atoms with van der Waals surface area (Å²) in [5, 5.41) is 9.72. The minimum atomic E-state index is -0.827. The van der Waals surface area contributed by atoms with Crippen molar-refractivity contribution in [2.45, 2.75) is 69.2 Å². The molecule has 1 N–H and O–H groups in total. The molecule has 2 heterocycles. The smallest absolute Gasteiger partial charge is 0.314 e. The summed E-state index contributed by atoms with van der Waals surface area (Å²) >= 11 is 0. The van der Waals surface area contributed by atoms with Crippen LogP contribution in [0.3, 0.4) is 0 Å². The van der Waals surface area contributed by atoms with Crippen molar-refractivity contribution in [2.75, 3.05) is 26.4 Å². The number of carboxylic acids is 1. The predicted molar refractivity (Wildman–Crippen MR) is 124 cm³/mol. The first kappa shape index (κ1) is 22.6. The van der Waals surface area contributed by atoms with Crippen LogP contribution in [0.4, 0.5) is 0 Å². The zero-order valence-corrected chi connectivity index (χ0v) is 19.5. The van der Waals surface area contributed by atoms with Crippen molar-refractivity contribution < 1.29 is 28.8 Å². The van der Waals surface area contributed by atoms with Crippen LogP contribution < -0.4 is 4.74 Å². The van der Waals surface area contributed by atoms with Gasteiger partial charge in [0.25, 0.3) is 0 Å². The molecule has 2 unspecified atom stereocenters.